The first kappa shape index (κ1) is 12.5. The van der Waals surface area contributed by atoms with Crippen LogP contribution in [-0.2, 0) is 9.53 Å². The molecule has 1 aliphatic heterocycles. The molecule has 2 atom stereocenters. The second-order valence-electron chi connectivity index (χ2n) is 5.39. The van der Waals surface area contributed by atoms with Gasteiger partial charge in [0.05, 0.1) is 18.1 Å². The Labute approximate surface area is 90.2 Å². The largest absolute Gasteiger partial charge is 0.481 e. The third-order valence-corrected chi connectivity index (χ3v) is 2.96. The molecule has 15 heavy (non-hydrogen) atoms. The number of rotatable bonds is 3. The van der Waals surface area contributed by atoms with E-state index in [1.807, 2.05) is 27.7 Å². The highest BCUT2D eigenvalue weighted by molar-refractivity contribution is 5.72. The molecule has 0 aromatic rings. The van der Waals surface area contributed by atoms with E-state index in [2.05, 4.69) is 0 Å². The van der Waals surface area contributed by atoms with E-state index in [0.29, 0.717) is 6.42 Å². The third-order valence-electron chi connectivity index (χ3n) is 2.96. The summed E-state index contributed by atoms with van der Waals surface area (Å²) in [5, 5.41) is 19.4. The number of carboxylic acids is 1. The van der Waals surface area contributed by atoms with Crippen LogP contribution in [0, 0.1) is 11.8 Å². The van der Waals surface area contributed by atoms with E-state index >= 15 is 0 Å². The Morgan fingerprint density at radius 3 is 2.20 bits per heavy atom. The molecule has 0 bridgehead atoms. The van der Waals surface area contributed by atoms with Crippen LogP contribution >= 0.6 is 0 Å². The average molecular weight is 216 g/mol. The molecule has 1 saturated heterocycles. The van der Waals surface area contributed by atoms with E-state index in [-0.39, 0.29) is 12.5 Å². The van der Waals surface area contributed by atoms with Crippen molar-refractivity contribution in [1.82, 2.24) is 0 Å². The lowest BCUT2D eigenvalue weighted by molar-refractivity contribution is -0.155. The first-order valence-corrected chi connectivity index (χ1v) is 5.27. The molecular weight excluding hydrogens is 196 g/mol. The highest BCUT2D eigenvalue weighted by atomic mass is 16.5. The fourth-order valence-corrected chi connectivity index (χ4v) is 2.49. The van der Waals surface area contributed by atoms with Gasteiger partial charge < -0.3 is 14.9 Å². The second kappa shape index (κ2) is 3.76. The van der Waals surface area contributed by atoms with Gasteiger partial charge in [-0.1, -0.05) is 13.8 Å². The highest BCUT2D eigenvalue weighted by Gasteiger charge is 2.51. The minimum absolute atomic E-state index is 0.106. The van der Waals surface area contributed by atoms with E-state index in [0.717, 1.165) is 0 Å². The number of aliphatic carboxylic acids is 1. The smallest absolute Gasteiger partial charge is 0.309 e. The van der Waals surface area contributed by atoms with Gasteiger partial charge in [-0.3, -0.25) is 4.79 Å². The van der Waals surface area contributed by atoms with Crippen molar-refractivity contribution in [3.63, 3.8) is 0 Å². The molecule has 1 fully saturated rings. The molecule has 2 N–H and O–H groups in total. The van der Waals surface area contributed by atoms with Crippen molar-refractivity contribution in [2.45, 2.75) is 45.3 Å². The minimum atomic E-state index is -1.23. The van der Waals surface area contributed by atoms with Crippen molar-refractivity contribution in [3.8, 4) is 0 Å². The van der Waals surface area contributed by atoms with Gasteiger partial charge in [-0.25, -0.2) is 0 Å². The summed E-state index contributed by atoms with van der Waals surface area (Å²) >= 11 is 0. The Balaban J connectivity index is 2.89. The molecule has 0 spiro atoms. The SMILES string of the molecule is CC(C)C(C(=O)O)C1(O)COC(C)(C)C1. The minimum Gasteiger partial charge on any atom is -0.481 e. The van der Waals surface area contributed by atoms with Gasteiger partial charge in [-0.05, 0) is 19.8 Å². The summed E-state index contributed by atoms with van der Waals surface area (Å²) in [5.74, 6) is -1.82. The summed E-state index contributed by atoms with van der Waals surface area (Å²) in [6.07, 6.45) is 0.370. The maximum Gasteiger partial charge on any atom is 0.309 e. The van der Waals surface area contributed by atoms with Gasteiger partial charge in [0.2, 0.25) is 0 Å². The maximum atomic E-state index is 11.1. The molecule has 0 aliphatic carbocycles. The van der Waals surface area contributed by atoms with Crippen molar-refractivity contribution in [1.29, 1.82) is 0 Å². The first-order chi connectivity index (χ1) is 6.68. The molecule has 1 rings (SSSR count). The van der Waals surface area contributed by atoms with Gasteiger partial charge in [0.15, 0.2) is 0 Å². The van der Waals surface area contributed by atoms with E-state index in [1.165, 1.54) is 0 Å². The fraction of sp³-hybridized carbons (Fsp3) is 0.909. The Morgan fingerprint density at radius 1 is 1.40 bits per heavy atom. The van der Waals surface area contributed by atoms with Gasteiger partial charge in [0.1, 0.15) is 5.60 Å². The van der Waals surface area contributed by atoms with E-state index < -0.39 is 23.1 Å². The van der Waals surface area contributed by atoms with E-state index in [1.54, 1.807) is 0 Å². The molecule has 0 radical (unpaired) electrons. The van der Waals surface area contributed by atoms with Crippen molar-refractivity contribution in [2.75, 3.05) is 6.61 Å². The summed E-state index contributed by atoms with van der Waals surface area (Å²) in [6.45, 7) is 7.45. The normalized spacial score (nSPS) is 31.9. The van der Waals surface area contributed by atoms with Gasteiger partial charge in [-0.15, -0.1) is 0 Å². The first-order valence-electron chi connectivity index (χ1n) is 5.27. The summed E-state index contributed by atoms with van der Waals surface area (Å²) in [6, 6.07) is 0. The van der Waals surface area contributed by atoms with Crippen molar-refractivity contribution >= 4 is 5.97 Å². The molecule has 0 amide bonds. The number of aliphatic hydroxyl groups is 1. The fourth-order valence-electron chi connectivity index (χ4n) is 2.49. The topological polar surface area (TPSA) is 66.8 Å². The standard InChI is InChI=1S/C11H20O4/c1-7(2)8(9(12)13)11(14)5-10(3,4)15-6-11/h7-8,14H,5-6H2,1-4H3,(H,12,13). The average Bonchev–Trinajstić information content (AvgIpc) is 2.23. The van der Waals surface area contributed by atoms with E-state index in [4.69, 9.17) is 9.84 Å². The van der Waals surface area contributed by atoms with Crippen LogP contribution < -0.4 is 0 Å². The third kappa shape index (κ3) is 2.49. The summed E-state index contributed by atoms with van der Waals surface area (Å²) in [5.41, 5.74) is -1.67. The Kier molecular flexibility index (Phi) is 3.12. The van der Waals surface area contributed by atoms with Crippen molar-refractivity contribution in [3.05, 3.63) is 0 Å². The zero-order valence-corrected chi connectivity index (χ0v) is 9.78. The zero-order valence-electron chi connectivity index (χ0n) is 9.78. The van der Waals surface area contributed by atoms with Crippen molar-refractivity contribution in [2.24, 2.45) is 11.8 Å². The summed E-state index contributed by atoms with van der Waals surface area (Å²) < 4.78 is 5.42. The number of hydrogen-bond donors (Lipinski definition) is 2. The molecule has 1 aliphatic rings. The lowest BCUT2D eigenvalue weighted by Gasteiger charge is -2.31. The summed E-state index contributed by atoms with van der Waals surface area (Å²) in [4.78, 5) is 11.1. The van der Waals surface area contributed by atoms with Gasteiger partial charge in [-0.2, -0.15) is 0 Å². The van der Waals surface area contributed by atoms with Crippen LogP contribution in [0.3, 0.4) is 0 Å². The van der Waals surface area contributed by atoms with Crippen LogP contribution in [0.4, 0.5) is 0 Å². The maximum absolute atomic E-state index is 11.1. The van der Waals surface area contributed by atoms with Crippen LogP contribution in [0.25, 0.3) is 0 Å². The molecule has 88 valence electrons. The van der Waals surface area contributed by atoms with Crippen LogP contribution in [0.5, 0.6) is 0 Å². The van der Waals surface area contributed by atoms with Gasteiger partial charge >= 0.3 is 5.97 Å². The zero-order chi connectivity index (χ0) is 11.9. The Hall–Kier alpha value is -0.610. The van der Waals surface area contributed by atoms with Crippen LogP contribution in [0.2, 0.25) is 0 Å². The molecule has 0 saturated carbocycles. The number of hydrogen-bond acceptors (Lipinski definition) is 3. The summed E-state index contributed by atoms with van der Waals surface area (Å²) in [7, 11) is 0. The molecule has 1 heterocycles. The predicted molar refractivity (Wildman–Crippen MR) is 55.6 cm³/mol. The second-order valence-corrected chi connectivity index (χ2v) is 5.39. The van der Waals surface area contributed by atoms with Crippen LogP contribution in [-0.4, -0.2) is 34.0 Å². The number of carbonyl (C=O) groups is 1. The van der Waals surface area contributed by atoms with Gasteiger partial charge in [0.25, 0.3) is 0 Å². The predicted octanol–water partition coefficient (Wildman–Crippen LogP) is 1.27. The molecule has 4 heteroatoms. The van der Waals surface area contributed by atoms with E-state index in [9.17, 15) is 9.90 Å². The van der Waals surface area contributed by atoms with Crippen LogP contribution in [0.1, 0.15) is 34.1 Å². The monoisotopic (exact) mass is 216 g/mol. The quantitative estimate of drug-likeness (QED) is 0.745. The highest BCUT2D eigenvalue weighted by Crippen LogP contribution is 2.40. The molecule has 2 unspecified atom stereocenters. The Bertz CT molecular complexity index is 259. The number of carboxylic acid groups (broad SMARTS) is 1. The number of ether oxygens (including phenoxy) is 1. The van der Waals surface area contributed by atoms with Crippen molar-refractivity contribution < 1.29 is 19.7 Å². The lowest BCUT2D eigenvalue weighted by Crippen LogP contribution is -2.46. The van der Waals surface area contributed by atoms with Gasteiger partial charge in [0, 0.05) is 6.42 Å². The molecule has 0 aromatic carbocycles. The molecule has 4 nitrogen and oxygen atoms in total. The molecule has 0 aromatic heterocycles. The lowest BCUT2D eigenvalue weighted by atomic mass is 9.76. The molecular formula is C11H20O4. The Morgan fingerprint density at radius 2 is 1.93 bits per heavy atom. The van der Waals surface area contributed by atoms with Crippen LogP contribution in [0.15, 0.2) is 0 Å².